The molecule has 0 unspecified atom stereocenters. The summed E-state index contributed by atoms with van der Waals surface area (Å²) in [5, 5.41) is 0. The third-order valence-corrected chi connectivity index (χ3v) is 4.43. The highest BCUT2D eigenvalue weighted by molar-refractivity contribution is 6.52. The summed E-state index contributed by atoms with van der Waals surface area (Å²) >= 11 is 0. The molecule has 0 aromatic heterocycles. The summed E-state index contributed by atoms with van der Waals surface area (Å²) in [6.45, 7) is 2.18. The van der Waals surface area contributed by atoms with Crippen molar-refractivity contribution in [3.8, 4) is 0 Å². The molecule has 0 atom stereocenters. The van der Waals surface area contributed by atoms with E-state index >= 15 is 0 Å². The molecule has 2 aromatic carbocycles. The summed E-state index contributed by atoms with van der Waals surface area (Å²) in [5.74, 6) is -0.812. The molecular formula is C18H16N2O2. The second-order valence-electron chi connectivity index (χ2n) is 5.79. The smallest absolute Gasteiger partial charge is 0.291 e. The quantitative estimate of drug-likeness (QED) is 0.797. The van der Waals surface area contributed by atoms with Gasteiger partial charge in [-0.15, -0.1) is 0 Å². The molecule has 1 amide bonds. The fourth-order valence-electron chi connectivity index (χ4n) is 3.26. The Balaban J connectivity index is 1.58. The van der Waals surface area contributed by atoms with Crippen LogP contribution in [0.3, 0.4) is 0 Å². The summed E-state index contributed by atoms with van der Waals surface area (Å²) in [4.78, 5) is 28.1. The minimum atomic E-state index is -0.417. The van der Waals surface area contributed by atoms with Crippen LogP contribution in [-0.4, -0.2) is 29.8 Å². The van der Waals surface area contributed by atoms with Crippen LogP contribution in [0.1, 0.15) is 21.5 Å². The number of carbonyl (C=O) groups is 2. The highest BCUT2D eigenvalue weighted by Crippen LogP contribution is 2.29. The van der Waals surface area contributed by atoms with Crippen molar-refractivity contribution in [1.82, 2.24) is 4.90 Å². The summed E-state index contributed by atoms with van der Waals surface area (Å²) in [6, 6.07) is 15.6. The van der Waals surface area contributed by atoms with E-state index in [1.165, 1.54) is 11.1 Å². The lowest BCUT2D eigenvalue weighted by Gasteiger charge is -2.32. The maximum atomic E-state index is 12.2. The molecule has 2 aliphatic heterocycles. The van der Waals surface area contributed by atoms with Crippen molar-refractivity contribution in [3.05, 3.63) is 65.2 Å². The second-order valence-corrected chi connectivity index (χ2v) is 5.79. The van der Waals surface area contributed by atoms with Gasteiger partial charge in [0, 0.05) is 13.1 Å². The molecule has 22 heavy (non-hydrogen) atoms. The fraction of sp³-hybridized carbons (Fsp3) is 0.222. The summed E-state index contributed by atoms with van der Waals surface area (Å²) in [6.07, 6.45) is 0.980. The predicted octanol–water partition coefficient (Wildman–Crippen LogP) is 2.23. The molecule has 0 radical (unpaired) electrons. The Labute approximate surface area is 129 Å². The first-order valence-corrected chi connectivity index (χ1v) is 7.48. The average molecular weight is 292 g/mol. The maximum Gasteiger partial charge on any atom is 0.300 e. The van der Waals surface area contributed by atoms with E-state index in [0.29, 0.717) is 12.2 Å². The number of nitrogens with zero attached hydrogens (tertiary/aromatic N) is 2. The van der Waals surface area contributed by atoms with E-state index in [0.717, 1.165) is 25.2 Å². The van der Waals surface area contributed by atoms with Crippen LogP contribution in [0.25, 0.3) is 0 Å². The number of Topliss-reactive ketones (excluding diaryl/α,β-unsaturated/α-hetero) is 1. The Morgan fingerprint density at radius 2 is 1.64 bits per heavy atom. The topological polar surface area (TPSA) is 40.6 Å². The third kappa shape index (κ3) is 2.04. The molecule has 2 heterocycles. The Bertz CT molecular complexity index is 769. The largest absolute Gasteiger partial charge is 0.300 e. The molecule has 4 nitrogen and oxygen atoms in total. The standard InChI is InChI=1S/C18H16N2O2/c21-17-15-7-3-4-8-16(15)20(18(17)22)12-19-10-9-13-5-1-2-6-14(13)11-19/h1-8H,9-12H2. The van der Waals surface area contributed by atoms with Gasteiger partial charge in [0.15, 0.2) is 0 Å². The van der Waals surface area contributed by atoms with Crippen LogP contribution in [0.5, 0.6) is 0 Å². The van der Waals surface area contributed by atoms with E-state index in [4.69, 9.17) is 0 Å². The van der Waals surface area contributed by atoms with Crippen molar-refractivity contribution in [1.29, 1.82) is 0 Å². The zero-order chi connectivity index (χ0) is 15.1. The Kier molecular flexibility index (Phi) is 3.05. The van der Waals surface area contributed by atoms with Crippen molar-refractivity contribution in [2.24, 2.45) is 0 Å². The highest BCUT2D eigenvalue weighted by Gasteiger charge is 2.36. The van der Waals surface area contributed by atoms with E-state index in [1.54, 1.807) is 17.0 Å². The van der Waals surface area contributed by atoms with E-state index < -0.39 is 11.7 Å². The third-order valence-electron chi connectivity index (χ3n) is 4.43. The van der Waals surface area contributed by atoms with Gasteiger partial charge < -0.3 is 0 Å². The number of fused-ring (bicyclic) bond motifs is 2. The molecule has 0 spiro atoms. The van der Waals surface area contributed by atoms with Crippen molar-refractivity contribution < 1.29 is 9.59 Å². The predicted molar refractivity (Wildman–Crippen MR) is 83.7 cm³/mol. The molecule has 4 rings (SSSR count). The molecule has 0 saturated heterocycles. The molecule has 2 aromatic rings. The molecule has 0 N–H and O–H groups in total. The molecule has 110 valence electrons. The Hall–Kier alpha value is -2.46. The Morgan fingerprint density at radius 1 is 0.909 bits per heavy atom. The van der Waals surface area contributed by atoms with E-state index in [2.05, 4.69) is 23.1 Å². The zero-order valence-corrected chi connectivity index (χ0v) is 12.2. The number of carbonyl (C=O) groups excluding carboxylic acids is 2. The minimum absolute atomic E-state index is 0.395. The highest BCUT2D eigenvalue weighted by atomic mass is 16.2. The van der Waals surface area contributed by atoms with E-state index in [-0.39, 0.29) is 0 Å². The number of amides is 1. The summed E-state index contributed by atoms with van der Waals surface area (Å²) in [5.41, 5.74) is 3.93. The Morgan fingerprint density at radius 3 is 2.50 bits per heavy atom. The minimum Gasteiger partial charge on any atom is -0.291 e. The number of hydrogen-bond acceptors (Lipinski definition) is 3. The van der Waals surface area contributed by atoms with Gasteiger partial charge in [-0.1, -0.05) is 36.4 Å². The van der Waals surface area contributed by atoms with Gasteiger partial charge in [-0.25, -0.2) is 0 Å². The number of rotatable bonds is 2. The first-order valence-electron chi connectivity index (χ1n) is 7.48. The van der Waals surface area contributed by atoms with Crippen molar-refractivity contribution in [3.63, 3.8) is 0 Å². The molecule has 4 heteroatoms. The van der Waals surface area contributed by atoms with Crippen LogP contribution < -0.4 is 4.90 Å². The van der Waals surface area contributed by atoms with Crippen LogP contribution in [0.15, 0.2) is 48.5 Å². The average Bonchev–Trinajstić information content (AvgIpc) is 2.80. The van der Waals surface area contributed by atoms with Crippen LogP contribution in [0, 0.1) is 0 Å². The van der Waals surface area contributed by atoms with Crippen LogP contribution in [0.2, 0.25) is 0 Å². The molecule has 0 aliphatic carbocycles. The first kappa shape index (κ1) is 13.2. The van der Waals surface area contributed by atoms with Gasteiger partial charge in [0.05, 0.1) is 17.9 Å². The monoisotopic (exact) mass is 292 g/mol. The van der Waals surface area contributed by atoms with Gasteiger partial charge in [-0.05, 0) is 29.7 Å². The van der Waals surface area contributed by atoms with E-state index in [1.807, 2.05) is 18.2 Å². The van der Waals surface area contributed by atoms with Crippen LogP contribution in [0.4, 0.5) is 5.69 Å². The van der Waals surface area contributed by atoms with Gasteiger partial charge in [0.2, 0.25) is 0 Å². The van der Waals surface area contributed by atoms with Crippen molar-refractivity contribution in [2.75, 3.05) is 18.1 Å². The SMILES string of the molecule is O=C1C(=O)N(CN2CCc3ccccc3C2)c2ccccc21. The number of anilines is 1. The second kappa shape index (κ2) is 5.07. The van der Waals surface area contributed by atoms with Gasteiger partial charge in [0.1, 0.15) is 0 Å². The van der Waals surface area contributed by atoms with E-state index in [9.17, 15) is 9.59 Å². The molecule has 0 fully saturated rings. The van der Waals surface area contributed by atoms with Gasteiger partial charge >= 0.3 is 5.91 Å². The fourth-order valence-corrected chi connectivity index (χ4v) is 3.26. The zero-order valence-electron chi connectivity index (χ0n) is 12.2. The lowest BCUT2D eigenvalue weighted by atomic mass is 10.0. The molecule has 0 saturated carbocycles. The number of benzene rings is 2. The maximum absolute atomic E-state index is 12.2. The van der Waals surface area contributed by atoms with Gasteiger partial charge in [-0.3, -0.25) is 19.4 Å². The van der Waals surface area contributed by atoms with Crippen LogP contribution >= 0.6 is 0 Å². The molecular weight excluding hydrogens is 276 g/mol. The molecule has 2 aliphatic rings. The number of hydrogen-bond donors (Lipinski definition) is 0. The van der Waals surface area contributed by atoms with Crippen molar-refractivity contribution >= 4 is 17.4 Å². The number of ketones is 1. The molecule has 0 bridgehead atoms. The van der Waals surface area contributed by atoms with Gasteiger partial charge in [-0.2, -0.15) is 0 Å². The summed E-state index contributed by atoms with van der Waals surface area (Å²) in [7, 11) is 0. The summed E-state index contributed by atoms with van der Waals surface area (Å²) < 4.78 is 0. The lowest BCUT2D eigenvalue weighted by molar-refractivity contribution is -0.114. The number of para-hydroxylation sites is 1. The van der Waals surface area contributed by atoms with Gasteiger partial charge in [0.25, 0.3) is 5.78 Å². The normalized spacial score (nSPS) is 17.5. The van der Waals surface area contributed by atoms with Crippen LogP contribution in [-0.2, 0) is 17.8 Å². The first-order chi connectivity index (χ1) is 10.7. The van der Waals surface area contributed by atoms with Crippen molar-refractivity contribution in [2.45, 2.75) is 13.0 Å². The lowest BCUT2D eigenvalue weighted by Crippen LogP contribution is -2.43.